The second kappa shape index (κ2) is 12.9. The first-order valence-electron chi connectivity index (χ1n) is 8.22. The molecule has 0 aliphatic heterocycles. The summed E-state index contributed by atoms with van der Waals surface area (Å²) in [6.45, 7) is 17.4. The van der Waals surface area contributed by atoms with E-state index in [0.29, 0.717) is 38.3 Å². The Hall–Kier alpha value is -2.41. The quantitative estimate of drug-likeness (QED) is 0.391. The Morgan fingerprint density at radius 1 is 1.08 bits per heavy atom. The molecule has 7 heteroatoms. The van der Waals surface area contributed by atoms with Gasteiger partial charge in [-0.2, -0.15) is 0 Å². The Labute approximate surface area is 150 Å². The predicted molar refractivity (Wildman–Crippen MR) is 97.9 cm³/mol. The van der Waals surface area contributed by atoms with E-state index < -0.39 is 5.97 Å². The highest BCUT2D eigenvalue weighted by atomic mass is 16.5. The Balaban J connectivity index is 4.37. The van der Waals surface area contributed by atoms with Crippen LogP contribution in [0, 0.1) is 0 Å². The van der Waals surface area contributed by atoms with Gasteiger partial charge in [-0.15, -0.1) is 0 Å². The summed E-state index contributed by atoms with van der Waals surface area (Å²) in [7, 11) is 0. The maximum Gasteiger partial charge on any atom is 0.333 e. The molecule has 140 valence electrons. The van der Waals surface area contributed by atoms with Crippen LogP contribution >= 0.6 is 0 Å². The van der Waals surface area contributed by atoms with E-state index in [9.17, 15) is 14.4 Å². The molecule has 0 saturated heterocycles. The van der Waals surface area contributed by atoms with E-state index in [0.717, 1.165) is 6.54 Å². The number of carbonyl (C=O) groups is 3. The van der Waals surface area contributed by atoms with Crippen LogP contribution in [0.1, 0.15) is 13.8 Å². The first-order chi connectivity index (χ1) is 11.8. The van der Waals surface area contributed by atoms with Crippen molar-refractivity contribution in [3.63, 3.8) is 0 Å². The van der Waals surface area contributed by atoms with Crippen LogP contribution < -0.4 is 5.32 Å². The van der Waals surface area contributed by atoms with Crippen molar-refractivity contribution in [1.29, 1.82) is 0 Å². The molecule has 25 heavy (non-hydrogen) atoms. The number of amides is 2. The molecule has 0 unspecified atom stereocenters. The van der Waals surface area contributed by atoms with Crippen LogP contribution in [-0.4, -0.2) is 73.5 Å². The van der Waals surface area contributed by atoms with Crippen molar-refractivity contribution < 1.29 is 19.1 Å². The number of ether oxygens (including phenoxy) is 1. The lowest BCUT2D eigenvalue weighted by Crippen LogP contribution is -2.42. The summed E-state index contributed by atoms with van der Waals surface area (Å²) in [4.78, 5) is 38.1. The van der Waals surface area contributed by atoms with Gasteiger partial charge in [0.15, 0.2) is 0 Å². The third kappa shape index (κ3) is 10.1. The largest absolute Gasteiger partial charge is 0.461 e. The number of rotatable bonds is 13. The SMILES string of the molecule is C=CC(=O)NCCN(CCN(CC)CCOC(=O)C(=C)C)C(=O)C=C. The molecule has 2 amide bonds. The van der Waals surface area contributed by atoms with Gasteiger partial charge in [-0.3, -0.25) is 14.5 Å². The van der Waals surface area contributed by atoms with Gasteiger partial charge in [0.2, 0.25) is 11.8 Å². The van der Waals surface area contributed by atoms with E-state index in [1.807, 2.05) is 6.92 Å². The summed E-state index contributed by atoms with van der Waals surface area (Å²) >= 11 is 0. The Morgan fingerprint density at radius 3 is 2.28 bits per heavy atom. The topological polar surface area (TPSA) is 79.0 Å². The van der Waals surface area contributed by atoms with Crippen molar-refractivity contribution >= 4 is 17.8 Å². The summed E-state index contributed by atoms with van der Waals surface area (Å²) in [5, 5.41) is 2.64. The van der Waals surface area contributed by atoms with Gasteiger partial charge < -0.3 is 15.0 Å². The van der Waals surface area contributed by atoms with Gasteiger partial charge in [-0.25, -0.2) is 4.79 Å². The standard InChI is InChI=1S/C18H29N3O4/c1-6-16(22)19-9-10-21(17(23)7-2)12-11-20(8-3)13-14-25-18(24)15(4)5/h6-7H,1-2,4,8-14H2,3,5H3,(H,19,22). The molecule has 7 nitrogen and oxygen atoms in total. The number of esters is 1. The molecule has 0 aliphatic carbocycles. The van der Waals surface area contributed by atoms with Gasteiger partial charge in [0, 0.05) is 38.3 Å². The zero-order chi connectivity index (χ0) is 19.2. The second-order valence-electron chi connectivity index (χ2n) is 5.38. The zero-order valence-electron chi connectivity index (χ0n) is 15.3. The minimum absolute atomic E-state index is 0.197. The van der Waals surface area contributed by atoms with Gasteiger partial charge in [0.05, 0.1) is 0 Å². The third-order valence-corrected chi connectivity index (χ3v) is 3.48. The molecule has 0 aromatic heterocycles. The average molecular weight is 351 g/mol. The molecule has 0 fully saturated rings. The van der Waals surface area contributed by atoms with Crippen molar-refractivity contribution in [3.05, 3.63) is 37.5 Å². The zero-order valence-corrected chi connectivity index (χ0v) is 15.3. The predicted octanol–water partition coefficient (Wildman–Crippen LogP) is 0.744. The van der Waals surface area contributed by atoms with Gasteiger partial charge in [-0.05, 0) is 25.6 Å². The van der Waals surface area contributed by atoms with Crippen LogP contribution in [0.2, 0.25) is 0 Å². The fraction of sp³-hybridized carbons (Fsp3) is 0.500. The molecule has 0 radical (unpaired) electrons. The molecule has 1 N–H and O–H groups in total. The molecule has 0 rings (SSSR count). The van der Waals surface area contributed by atoms with Gasteiger partial charge in [-0.1, -0.05) is 26.7 Å². The fourth-order valence-corrected chi connectivity index (χ4v) is 1.93. The van der Waals surface area contributed by atoms with Gasteiger partial charge >= 0.3 is 5.97 Å². The van der Waals surface area contributed by atoms with Gasteiger partial charge in [0.1, 0.15) is 6.61 Å². The van der Waals surface area contributed by atoms with Crippen molar-refractivity contribution in [2.75, 3.05) is 45.9 Å². The van der Waals surface area contributed by atoms with Crippen LogP contribution in [0.3, 0.4) is 0 Å². The first-order valence-corrected chi connectivity index (χ1v) is 8.22. The van der Waals surface area contributed by atoms with Crippen LogP contribution in [0.5, 0.6) is 0 Å². The number of carbonyl (C=O) groups excluding carboxylic acids is 3. The molecule has 0 spiro atoms. The van der Waals surface area contributed by atoms with Gasteiger partial charge in [0.25, 0.3) is 0 Å². The lowest BCUT2D eigenvalue weighted by atomic mass is 10.3. The molecule has 0 aliphatic rings. The van der Waals surface area contributed by atoms with Crippen molar-refractivity contribution in [3.8, 4) is 0 Å². The molecule has 0 heterocycles. The number of nitrogens with one attached hydrogen (secondary N) is 1. The first kappa shape index (κ1) is 22.6. The van der Waals surface area contributed by atoms with E-state index in [1.54, 1.807) is 11.8 Å². The van der Waals surface area contributed by atoms with Crippen LogP contribution in [0.4, 0.5) is 0 Å². The summed E-state index contributed by atoms with van der Waals surface area (Å²) in [5.74, 6) is -0.879. The molecule has 0 aromatic rings. The minimum Gasteiger partial charge on any atom is -0.461 e. The van der Waals surface area contributed by atoms with E-state index in [1.165, 1.54) is 12.2 Å². The van der Waals surface area contributed by atoms with E-state index >= 15 is 0 Å². The summed E-state index contributed by atoms with van der Waals surface area (Å²) in [6, 6.07) is 0. The summed E-state index contributed by atoms with van der Waals surface area (Å²) < 4.78 is 5.08. The van der Waals surface area contributed by atoms with Crippen LogP contribution in [0.25, 0.3) is 0 Å². The molecule has 0 bridgehead atoms. The Morgan fingerprint density at radius 2 is 1.76 bits per heavy atom. The average Bonchev–Trinajstić information content (AvgIpc) is 2.61. The second-order valence-corrected chi connectivity index (χ2v) is 5.38. The molecular formula is C18H29N3O4. The van der Waals surface area contributed by atoms with E-state index in [-0.39, 0.29) is 18.4 Å². The Kier molecular flexibility index (Phi) is 11.7. The monoisotopic (exact) mass is 351 g/mol. The highest BCUT2D eigenvalue weighted by Crippen LogP contribution is 1.97. The Bertz CT molecular complexity index is 503. The van der Waals surface area contributed by atoms with Crippen LogP contribution in [-0.2, 0) is 19.1 Å². The fourth-order valence-electron chi connectivity index (χ4n) is 1.93. The molecule has 0 atom stereocenters. The maximum absolute atomic E-state index is 11.9. The van der Waals surface area contributed by atoms with Crippen molar-refractivity contribution in [2.45, 2.75) is 13.8 Å². The summed E-state index contributed by atoms with van der Waals surface area (Å²) in [5.41, 5.74) is 0.368. The van der Waals surface area contributed by atoms with Crippen molar-refractivity contribution in [1.82, 2.24) is 15.1 Å². The van der Waals surface area contributed by atoms with Crippen molar-refractivity contribution in [2.24, 2.45) is 0 Å². The number of hydrogen-bond acceptors (Lipinski definition) is 5. The maximum atomic E-state index is 11.9. The van der Waals surface area contributed by atoms with E-state index in [4.69, 9.17) is 4.74 Å². The smallest absolute Gasteiger partial charge is 0.333 e. The molecule has 0 aromatic carbocycles. The normalized spacial score (nSPS) is 10.0. The molecule has 0 saturated carbocycles. The van der Waals surface area contributed by atoms with Crippen LogP contribution in [0.15, 0.2) is 37.5 Å². The number of likely N-dealkylation sites (N-methyl/N-ethyl adjacent to an activating group) is 1. The third-order valence-electron chi connectivity index (χ3n) is 3.48. The lowest BCUT2D eigenvalue weighted by molar-refractivity contribution is -0.139. The summed E-state index contributed by atoms with van der Waals surface area (Å²) in [6.07, 6.45) is 2.44. The number of nitrogens with zero attached hydrogens (tertiary/aromatic N) is 2. The lowest BCUT2D eigenvalue weighted by Gasteiger charge is -2.26. The number of hydrogen-bond donors (Lipinski definition) is 1. The highest BCUT2D eigenvalue weighted by Gasteiger charge is 2.13. The minimum atomic E-state index is -0.405. The highest BCUT2D eigenvalue weighted by molar-refractivity contribution is 5.88. The molecular weight excluding hydrogens is 322 g/mol. The van der Waals surface area contributed by atoms with E-state index in [2.05, 4.69) is 30.0 Å².